The molecule has 0 saturated heterocycles. The summed E-state index contributed by atoms with van der Waals surface area (Å²) in [5, 5.41) is 3.73. The fourth-order valence-electron chi connectivity index (χ4n) is 1.77. The summed E-state index contributed by atoms with van der Waals surface area (Å²) in [6, 6.07) is 4.70. The van der Waals surface area contributed by atoms with E-state index in [1.807, 2.05) is 6.92 Å². The number of nitrogens with one attached hydrogen (secondary N) is 1. The summed E-state index contributed by atoms with van der Waals surface area (Å²) in [7, 11) is 0. The molecule has 0 aliphatic rings. The molecular weight excluding hydrogens is 337 g/mol. The van der Waals surface area contributed by atoms with Gasteiger partial charge in [-0.25, -0.2) is 4.79 Å². The summed E-state index contributed by atoms with van der Waals surface area (Å²) in [4.78, 5) is 23.6. The lowest BCUT2D eigenvalue weighted by Crippen LogP contribution is -2.37. The molecule has 6 heteroatoms. The molecular formula is C17H19Cl2NO3. The Balaban J connectivity index is 2.62. The van der Waals surface area contributed by atoms with Crippen molar-refractivity contribution in [2.45, 2.75) is 32.9 Å². The molecule has 1 rings (SSSR count). The molecule has 0 spiro atoms. The quantitative estimate of drug-likeness (QED) is 0.471. The Kier molecular flexibility index (Phi) is 7.86. The maximum Gasteiger partial charge on any atom is 0.331 e. The maximum absolute atomic E-state index is 12.1. The van der Waals surface area contributed by atoms with Gasteiger partial charge >= 0.3 is 5.97 Å². The van der Waals surface area contributed by atoms with E-state index in [2.05, 4.69) is 5.32 Å². The van der Waals surface area contributed by atoms with Crippen LogP contribution in [0.25, 0.3) is 0 Å². The second-order valence-electron chi connectivity index (χ2n) is 4.86. The number of carbonyl (C=O) groups is 2. The Morgan fingerprint density at radius 3 is 2.52 bits per heavy atom. The minimum absolute atomic E-state index is 0.341. The molecule has 2 atom stereocenters. The lowest BCUT2D eigenvalue weighted by molar-refractivity contribution is -0.150. The van der Waals surface area contributed by atoms with Gasteiger partial charge in [-0.2, -0.15) is 0 Å². The van der Waals surface area contributed by atoms with Gasteiger partial charge in [-0.1, -0.05) is 47.5 Å². The smallest absolute Gasteiger partial charge is 0.331 e. The molecule has 0 saturated carbocycles. The predicted octanol–water partition coefficient (Wildman–Crippen LogP) is 4.23. The van der Waals surface area contributed by atoms with Gasteiger partial charge in [-0.05, 0) is 38.5 Å². The largest absolute Gasteiger partial charge is 0.449 e. The molecule has 0 radical (unpaired) electrons. The van der Waals surface area contributed by atoms with Gasteiger partial charge in [0.2, 0.25) is 0 Å². The summed E-state index contributed by atoms with van der Waals surface area (Å²) in [6.45, 7) is 5.12. The molecule has 0 fully saturated rings. The van der Waals surface area contributed by atoms with Crippen LogP contribution < -0.4 is 5.32 Å². The third-order valence-electron chi connectivity index (χ3n) is 2.99. The van der Waals surface area contributed by atoms with Crippen molar-refractivity contribution in [3.8, 4) is 0 Å². The minimum atomic E-state index is -0.911. The number of hydrogen-bond donors (Lipinski definition) is 1. The summed E-state index contributed by atoms with van der Waals surface area (Å²) >= 11 is 12.0. The van der Waals surface area contributed by atoms with Crippen LogP contribution in [0.3, 0.4) is 0 Å². The molecule has 1 N–H and O–H groups in total. The van der Waals surface area contributed by atoms with E-state index in [0.29, 0.717) is 10.0 Å². The molecule has 124 valence electrons. The van der Waals surface area contributed by atoms with Crippen molar-refractivity contribution in [1.29, 1.82) is 0 Å². The van der Waals surface area contributed by atoms with E-state index in [1.54, 1.807) is 43.4 Å². The molecule has 1 amide bonds. The first-order chi connectivity index (χ1) is 10.8. The summed E-state index contributed by atoms with van der Waals surface area (Å²) in [6.07, 6.45) is 5.35. The highest BCUT2D eigenvalue weighted by Crippen LogP contribution is 2.26. The zero-order valence-electron chi connectivity index (χ0n) is 13.2. The van der Waals surface area contributed by atoms with Crippen molar-refractivity contribution in [3.05, 3.63) is 58.1 Å². The van der Waals surface area contributed by atoms with Crippen molar-refractivity contribution < 1.29 is 14.3 Å². The highest BCUT2D eigenvalue weighted by Gasteiger charge is 2.20. The number of ether oxygens (including phenoxy) is 1. The molecule has 23 heavy (non-hydrogen) atoms. The van der Waals surface area contributed by atoms with Gasteiger partial charge in [-0.15, -0.1) is 0 Å². The van der Waals surface area contributed by atoms with E-state index in [0.717, 1.165) is 5.56 Å². The number of rotatable bonds is 6. The van der Waals surface area contributed by atoms with Crippen LogP contribution in [-0.2, 0) is 14.3 Å². The minimum Gasteiger partial charge on any atom is -0.449 e. The molecule has 0 aliphatic carbocycles. The predicted molar refractivity (Wildman–Crippen MR) is 92.5 cm³/mol. The summed E-state index contributed by atoms with van der Waals surface area (Å²) < 4.78 is 5.02. The fraction of sp³-hybridized carbons (Fsp3) is 0.294. The highest BCUT2D eigenvalue weighted by atomic mass is 35.5. The first-order valence-corrected chi connectivity index (χ1v) is 7.86. The molecule has 0 unspecified atom stereocenters. The lowest BCUT2D eigenvalue weighted by Gasteiger charge is -2.19. The molecule has 0 aromatic heterocycles. The molecule has 0 aliphatic heterocycles. The number of amides is 1. The fourth-order valence-corrected chi connectivity index (χ4v) is 2.35. The van der Waals surface area contributed by atoms with E-state index >= 15 is 0 Å². The molecule has 1 aromatic rings. The third-order valence-corrected chi connectivity index (χ3v) is 3.55. The van der Waals surface area contributed by atoms with Crippen LogP contribution in [0.15, 0.2) is 42.5 Å². The zero-order chi connectivity index (χ0) is 17.4. The second kappa shape index (κ2) is 9.38. The van der Waals surface area contributed by atoms with Crippen LogP contribution in [0.2, 0.25) is 10.0 Å². The van der Waals surface area contributed by atoms with Crippen LogP contribution >= 0.6 is 23.2 Å². The average molecular weight is 356 g/mol. The van der Waals surface area contributed by atoms with Crippen molar-refractivity contribution in [1.82, 2.24) is 5.32 Å². The number of allylic oxidation sites excluding steroid dienone is 3. The van der Waals surface area contributed by atoms with Gasteiger partial charge in [0.1, 0.15) is 0 Å². The van der Waals surface area contributed by atoms with Gasteiger partial charge in [0, 0.05) is 16.1 Å². The van der Waals surface area contributed by atoms with Crippen LogP contribution in [0.4, 0.5) is 0 Å². The van der Waals surface area contributed by atoms with Crippen LogP contribution in [0.1, 0.15) is 32.4 Å². The Hall–Kier alpha value is -1.78. The van der Waals surface area contributed by atoms with Gasteiger partial charge in [0.15, 0.2) is 6.10 Å². The van der Waals surface area contributed by atoms with E-state index in [4.69, 9.17) is 27.9 Å². The summed E-state index contributed by atoms with van der Waals surface area (Å²) in [5.74, 6) is -0.987. The molecule has 0 heterocycles. The van der Waals surface area contributed by atoms with Gasteiger partial charge < -0.3 is 10.1 Å². The van der Waals surface area contributed by atoms with Crippen molar-refractivity contribution >= 4 is 35.1 Å². The molecule has 4 nitrogen and oxygen atoms in total. The Morgan fingerprint density at radius 2 is 1.91 bits per heavy atom. The molecule has 1 aromatic carbocycles. The van der Waals surface area contributed by atoms with Crippen molar-refractivity contribution in [2.75, 3.05) is 0 Å². The number of benzene rings is 1. The maximum atomic E-state index is 12.1. The zero-order valence-corrected chi connectivity index (χ0v) is 14.7. The monoisotopic (exact) mass is 355 g/mol. The van der Waals surface area contributed by atoms with Gasteiger partial charge in [-0.3, -0.25) is 4.79 Å². The highest BCUT2D eigenvalue weighted by molar-refractivity contribution is 6.35. The third kappa shape index (κ3) is 6.47. The SMILES string of the molecule is C/C=C/C=C/C(=O)O[C@H](C)C(=O)N[C@H](C)c1ccc(Cl)cc1Cl. The lowest BCUT2D eigenvalue weighted by atomic mass is 10.1. The van der Waals surface area contributed by atoms with Crippen LogP contribution in [-0.4, -0.2) is 18.0 Å². The van der Waals surface area contributed by atoms with Gasteiger partial charge in [0.05, 0.1) is 6.04 Å². The Morgan fingerprint density at radius 1 is 1.22 bits per heavy atom. The normalized spacial score (nSPS) is 14.0. The molecule has 0 bridgehead atoms. The number of esters is 1. The standard InChI is InChI=1S/C17H19Cl2NO3/c1-4-5-6-7-16(21)23-12(3)17(22)20-11(2)14-9-8-13(18)10-15(14)19/h4-12H,1-3H3,(H,20,22)/b5-4+,7-6+/t11-,12-/m1/s1. The van der Waals surface area contributed by atoms with E-state index in [1.165, 1.54) is 13.0 Å². The van der Waals surface area contributed by atoms with Crippen LogP contribution in [0, 0.1) is 0 Å². The van der Waals surface area contributed by atoms with E-state index < -0.39 is 18.0 Å². The first-order valence-electron chi connectivity index (χ1n) is 7.10. The summed E-state index contributed by atoms with van der Waals surface area (Å²) in [5.41, 5.74) is 0.732. The van der Waals surface area contributed by atoms with Crippen LogP contribution in [0.5, 0.6) is 0 Å². The second-order valence-corrected chi connectivity index (χ2v) is 5.70. The van der Waals surface area contributed by atoms with E-state index in [-0.39, 0.29) is 6.04 Å². The number of halogens is 2. The first kappa shape index (κ1) is 19.3. The van der Waals surface area contributed by atoms with Gasteiger partial charge in [0.25, 0.3) is 5.91 Å². The topological polar surface area (TPSA) is 55.4 Å². The number of carbonyl (C=O) groups excluding carboxylic acids is 2. The van der Waals surface area contributed by atoms with Crippen molar-refractivity contribution in [3.63, 3.8) is 0 Å². The Bertz CT molecular complexity index is 626. The average Bonchev–Trinajstić information content (AvgIpc) is 2.47. The van der Waals surface area contributed by atoms with Crippen molar-refractivity contribution in [2.24, 2.45) is 0 Å². The van der Waals surface area contributed by atoms with E-state index in [9.17, 15) is 9.59 Å². The Labute approximate surface area is 146 Å². The number of hydrogen-bond acceptors (Lipinski definition) is 3.